The summed E-state index contributed by atoms with van der Waals surface area (Å²) in [5.41, 5.74) is 0.803. The van der Waals surface area contributed by atoms with E-state index in [0.29, 0.717) is 5.92 Å². The second-order valence-corrected chi connectivity index (χ2v) is 6.54. The summed E-state index contributed by atoms with van der Waals surface area (Å²) in [5, 5.41) is 3.47. The van der Waals surface area contributed by atoms with E-state index in [1.165, 1.54) is 25.9 Å². The number of nitrogens with one attached hydrogen (secondary N) is 1. The van der Waals surface area contributed by atoms with E-state index in [2.05, 4.69) is 31.0 Å². The van der Waals surface area contributed by atoms with Crippen LogP contribution in [0.1, 0.15) is 45.2 Å². The molecule has 1 aliphatic heterocycles. The molecular weight excluding hydrogens is 263 g/mol. The molecule has 1 saturated heterocycles. The SMILES string of the molecule is CCNC(c1ccccc1F)C(C)CN1CCCC(C)C1. The molecule has 1 N–H and O–H groups in total. The molecule has 0 aromatic heterocycles. The molecule has 0 saturated carbocycles. The molecule has 2 nitrogen and oxygen atoms in total. The van der Waals surface area contributed by atoms with E-state index in [1.807, 2.05) is 12.1 Å². The molecule has 3 heteroatoms. The Morgan fingerprint density at radius 3 is 2.81 bits per heavy atom. The predicted molar refractivity (Wildman–Crippen MR) is 86.8 cm³/mol. The van der Waals surface area contributed by atoms with Gasteiger partial charge in [0.05, 0.1) is 0 Å². The lowest BCUT2D eigenvalue weighted by atomic mass is 9.92. The van der Waals surface area contributed by atoms with Crippen LogP contribution in [0.5, 0.6) is 0 Å². The van der Waals surface area contributed by atoms with E-state index < -0.39 is 0 Å². The van der Waals surface area contributed by atoms with Crippen molar-refractivity contribution in [2.24, 2.45) is 11.8 Å². The number of benzene rings is 1. The van der Waals surface area contributed by atoms with Crippen molar-refractivity contribution < 1.29 is 4.39 Å². The van der Waals surface area contributed by atoms with Crippen molar-refractivity contribution in [3.05, 3.63) is 35.6 Å². The smallest absolute Gasteiger partial charge is 0.127 e. The summed E-state index contributed by atoms with van der Waals surface area (Å²) < 4.78 is 14.1. The average molecular weight is 292 g/mol. The van der Waals surface area contributed by atoms with Crippen molar-refractivity contribution in [1.82, 2.24) is 10.2 Å². The van der Waals surface area contributed by atoms with Crippen LogP contribution in [0, 0.1) is 17.7 Å². The monoisotopic (exact) mass is 292 g/mol. The van der Waals surface area contributed by atoms with Gasteiger partial charge in [-0.15, -0.1) is 0 Å². The van der Waals surface area contributed by atoms with Gasteiger partial charge in [-0.3, -0.25) is 0 Å². The number of hydrogen-bond donors (Lipinski definition) is 1. The first-order valence-corrected chi connectivity index (χ1v) is 8.32. The van der Waals surface area contributed by atoms with Crippen LogP contribution in [0.2, 0.25) is 0 Å². The summed E-state index contributed by atoms with van der Waals surface area (Å²) in [4.78, 5) is 2.55. The Kier molecular flexibility index (Phi) is 6.19. The lowest BCUT2D eigenvalue weighted by Gasteiger charge is -2.35. The number of nitrogens with zero attached hydrogens (tertiary/aromatic N) is 1. The molecule has 1 aromatic carbocycles. The van der Waals surface area contributed by atoms with Crippen molar-refractivity contribution in [1.29, 1.82) is 0 Å². The van der Waals surface area contributed by atoms with Crippen LogP contribution in [0.4, 0.5) is 4.39 Å². The molecule has 0 aliphatic carbocycles. The Morgan fingerprint density at radius 2 is 2.14 bits per heavy atom. The van der Waals surface area contributed by atoms with Crippen molar-refractivity contribution in [2.45, 2.75) is 39.7 Å². The van der Waals surface area contributed by atoms with Crippen LogP contribution < -0.4 is 5.32 Å². The van der Waals surface area contributed by atoms with E-state index in [0.717, 1.165) is 24.6 Å². The van der Waals surface area contributed by atoms with Gasteiger partial charge in [-0.1, -0.05) is 39.0 Å². The van der Waals surface area contributed by atoms with Gasteiger partial charge in [0.15, 0.2) is 0 Å². The molecule has 1 heterocycles. The molecule has 1 aromatic rings. The van der Waals surface area contributed by atoms with Crippen LogP contribution in [-0.4, -0.2) is 31.1 Å². The number of halogens is 1. The van der Waals surface area contributed by atoms with Crippen molar-refractivity contribution in [3.63, 3.8) is 0 Å². The van der Waals surface area contributed by atoms with Crippen LogP contribution in [0.25, 0.3) is 0 Å². The first-order chi connectivity index (χ1) is 10.1. The first-order valence-electron chi connectivity index (χ1n) is 8.32. The topological polar surface area (TPSA) is 15.3 Å². The third kappa shape index (κ3) is 4.52. The third-order valence-electron chi connectivity index (χ3n) is 4.52. The maximum absolute atomic E-state index is 14.1. The van der Waals surface area contributed by atoms with Crippen molar-refractivity contribution in [2.75, 3.05) is 26.2 Å². The molecule has 3 unspecified atom stereocenters. The maximum Gasteiger partial charge on any atom is 0.127 e. The zero-order chi connectivity index (χ0) is 15.2. The Morgan fingerprint density at radius 1 is 1.38 bits per heavy atom. The molecular formula is C18H29FN2. The van der Waals surface area contributed by atoms with E-state index in [1.54, 1.807) is 12.1 Å². The standard InChI is InChI=1S/C18H29FN2/c1-4-20-18(16-9-5-6-10-17(16)19)15(3)13-21-11-7-8-14(2)12-21/h5-6,9-10,14-15,18,20H,4,7-8,11-13H2,1-3H3. The molecule has 0 radical (unpaired) electrons. The third-order valence-corrected chi connectivity index (χ3v) is 4.52. The Labute approximate surface area is 128 Å². The van der Waals surface area contributed by atoms with Crippen molar-refractivity contribution >= 4 is 0 Å². The molecule has 118 valence electrons. The molecule has 2 rings (SSSR count). The largest absolute Gasteiger partial charge is 0.310 e. The van der Waals surface area contributed by atoms with Crippen LogP contribution in [0.3, 0.4) is 0 Å². The fraction of sp³-hybridized carbons (Fsp3) is 0.667. The Balaban J connectivity index is 2.05. The summed E-state index contributed by atoms with van der Waals surface area (Å²) in [6, 6.07) is 7.26. The summed E-state index contributed by atoms with van der Waals surface area (Å²) in [6.07, 6.45) is 2.63. The Hall–Kier alpha value is -0.930. The molecule has 1 fully saturated rings. The normalized spacial score (nSPS) is 23.0. The molecule has 0 bridgehead atoms. The van der Waals surface area contributed by atoms with Crippen LogP contribution >= 0.6 is 0 Å². The Bertz CT molecular complexity index is 435. The van der Waals surface area contributed by atoms with E-state index in [-0.39, 0.29) is 11.9 Å². The van der Waals surface area contributed by atoms with Gasteiger partial charge in [-0.2, -0.15) is 0 Å². The molecule has 0 amide bonds. The lowest BCUT2D eigenvalue weighted by molar-refractivity contribution is 0.149. The summed E-state index contributed by atoms with van der Waals surface area (Å²) in [7, 11) is 0. The number of hydrogen-bond acceptors (Lipinski definition) is 2. The second-order valence-electron chi connectivity index (χ2n) is 6.54. The quantitative estimate of drug-likeness (QED) is 0.857. The minimum Gasteiger partial charge on any atom is -0.310 e. The highest BCUT2D eigenvalue weighted by molar-refractivity contribution is 5.22. The van der Waals surface area contributed by atoms with Gasteiger partial charge in [-0.05, 0) is 43.8 Å². The minimum atomic E-state index is -0.0951. The van der Waals surface area contributed by atoms with E-state index in [9.17, 15) is 4.39 Å². The lowest BCUT2D eigenvalue weighted by Crippen LogP contribution is -2.40. The zero-order valence-electron chi connectivity index (χ0n) is 13.6. The summed E-state index contributed by atoms with van der Waals surface area (Å²) >= 11 is 0. The zero-order valence-corrected chi connectivity index (χ0v) is 13.6. The molecule has 1 aliphatic rings. The minimum absolute atomic E-state index is 0.0911. The van der Waals surface area contributed by atoms with Gasteiger partial charge >= 0.3 is 0 Å². The highest BCUT2D eigenvalue weighted by Gasteiger charge is 2.25. The highest BCUT2D eigenvalue weighted by atomic mass is 19.1. The number of rotatable bonds is 6. The second kappa shape index (κ2) is 7.90. The van der Waals surface area contributed by atoms with E-state index >= 15 is 0 Å². The highest BCUT2D eigenvalue weighted by Crippen LogP contribution is 2.26. The van der Waals surface area contributed by atoms with E-state index in [4.69, 9.17) is 0 Å². The summed E-state index contributed by atoms with van der Waals surface area (Å²) in [5.74, 6) is 1.09. The number of likely N-dealkylation sites (tertiary alicyclic amines) is 1. The van der Waals surface area contributed by atoms with Gasteiger partial charge in [0.1, 0.15) is 5.82 Å². The average Bonchev–Trinajstić information content (AvgIpc) is 2.45. The van der Waals surface area contributed by atoms with Crippen LogP contribution in [0.15, 0.2) is 24.3 Å². The molecule has 0 spiro atoms. The molecule has 3 atom stereocenters. The maximum atomic E-state index is 14.1. The predicted octanol–water partition coefficient (Wildman–Crippen LogP) is 3.84. The molecule has 21 heavy (non-hydrogen) atoms. The van der Waals surface area contributed by atoms with Crippen molar-refractivity contribution in [3.8, 4) is 0 Å². The fourth-order valence-corrected chi connectivity index (χ4v) is 3.53. The van der Waals surface area contributed by atoms with Gasteiger partial charge in [0.2, 0.25) is 0 Å². The first kappa shape index (κ1) is 16.4. The van der Waals surface area contributed by atoms with Gasteiger partial charge in [0, 0.05) is 24.7 Å². The number of piperidine rings is 1. The summed E-state index contributed by atoms with van der Waals surface area (Å²) in [6.45, 7) is 10.9. The van der Waals surface area contributed by atoms with Gasteiger partial charge in [0.25, 0.3) is 0 Å². The fourth-order valence-electron chi connectivity index (χ4n) is 3.53. The van der Waals surface area contributed by atoms with Gasteiger partial charge < -0.3 is 10.2 Å². The van der Waals surface area contributed by atoms with Gasteiger partial charge in [-0.25, -0.2) is 4.39 Å². The van der Waals surface area contributed by atoms with Crippen LogP contribution in [-0.2, 0) is 0 Å².